The van der Waals surface area contributed by atoms with Gasteiger partial charge in [0.2, 0.25) is 0 Å². The molecular weight excluding hydrogens is 153 g/mol. The summed E-state index contributed by atoms with van der Waals surface area (Å²) in [6, 6.07) is 5.41. The Kier molecular flexibility index (Phi) is 2.25. The first-order valence-electron chi connectivity index (χ1n) is 2.79. The maximum Gasteiger partial charge on any atom is 0.142 e. The lowest BCUT2D eigenvalue weighted by atomic mass is 10.2. The van der Waals surface area contributed by atoms with Gasteiger partial charge < -0.3 is 5.73 Å². The molecule has 0 aliphatic carbocycles. The van der Waals surface area contributed by atoms with Crippen molar-refractivity contribution >= 4 is 11.6 Å². The Bertz CT molecular complexity index is 237. The average molecular weight is 159 g/mol. The number of hydrogen-bond donors (Lipinski definition) is 1. The number of rotatable bonds is 1. The topological polar surface area (TPSA) is 26.0 Å². The Labute approximate surface area is 63.6 Å². The van der Waals surface area contributed by atoms with Gasteiger partial charge in [-0.05, 0) is 17.7 Å². The van der Waals surface area contributed by atoms with Crippen molar-refractivity contribution in [3.63, 3.8) is 0 Å². The molecule has 0 saturated carbocycles. The van der Waals surface area contributed by atoms with Crippen LogP contribution in [0.2, 0.25) is 5.02 Å². The standard InChI is InChI=1S/C7H6ClFN/c8-6-2-1-5(4-10)3-7(6)9/h1,3H,4,10H2. The number of halogens is 2. The molecule has 1 aromatic rings. The third-order valence-corrected chi connectivity index (χ3v) is 1.43. The van der Waals surface area contributed by atoms with Crippen molar-refractivity contribution in [1.82, 2.24) is 0 Å². The quantitative estimate of drug-likeness (QED) is 0.662. The van der Waals surface area contributed by atoms with E-state index in [1.807, 2.05) is 0 Å². The molecule has 10 heavy (non-hydrogen) atoms. The van der Waals surface area contributed by atoms with Gasteiger partial charge in [-0.3, -0.25) is 0 Å². The maximum absolute atomic E-state index is 12.5. The second kappa shape index (κ2) is 2.99. The predicted molar refractivity (Wildman–Crippen MR) is 38.1 cm³/mol. The number of benzene rings is 1. The highest BCUT2D eigenvalue weighted by atomic mass is 35.5. The van der Waals surface area contributed by atoms with Gasteiger partial charge in [0.15, 0.2) is 0 Å². The van der Waals surface area contributed by atoms with E-state index in [0.29, 0.717) is 12.1 Å². The second-order valence-corrected chi connectivity index (χ2v) is 2.25. The number of nitrogens with two attached hydrogens (primary N) is 1. The van der Waals surface area contributed by atoms with Gasteiger partial charge in [0.25, 0.3) is 0 Å². The fourth-order valence-electron chi connectivity index (χ4n) is 0.611. The molecule has 2 N–H and O–H groups in total. The molecule has 0 amide bonds. The van der Waals surface area contributed by atoms with E-state index in [4.69, 9.17) is 17.3 Å². The molecule has 0 bridgehead atoms. The second-order valence-electron chi connectivity index (χ2n) is 1.87. The number of hydrogen-bond acceptors (Lipinski definition) is 1. The Morgan fingerprint density at radius 2 is 2.40 bits per heavy atom. The minimum Gasteiger partial charge on any atom is -0.326 e. The zero-order valence-corrected chi connectivity index (χ0v) is 5.95. The first-order valence-corrected chi connectivity index (χ1v) is 3.17. The SMILES string of the molecule is NCc1c[c]c(Cl)c(F)c1. The summed E-state index contributed by atoms with van der Waals surface area (Å²) < 4.78 is 12.5. The van der Waals surface area contributed by atoms with E-state index in [-0.39, 0.29) is 5.02 Å². The molecule has 0 spiro atoms. The summed E-state index contributed by atoms with van der Waals surface area (Å²) in [5.41, 5.74) is 5.94. The van der Waals surface area contributed by atoms with Gasteiger partial charge >= 0.3 is 0 Å². The summed E-state index contributed by atoms with van der Waals surface area (Å²) in [4.78, 5) is 0. The third kappa shape index (κ3) is 1.46. The highest BCUT2D eigenvalue weighted by Gasteiger charge is 1.98. The van der Waals surface area contributed by atoms with Crippen LogP contribution in [0.15, 0.2) is 12.1 Å². The fourth-order valence-corrected chi connectivity index (χ4v) is 0.720. The van der Waals surface area contributed by atoms with E-state index < -0.39 is 5.82 Å². The van der Waals surface area contributed by atoms with E-state index in [1.54, 1.807) is 6.07 Å². The minimum atomic E-state index is -0.468. The molecule has 0 heterocycles. The third-order valence-electron chi connectivity index (χ3n) is 1.14. The Balaban J connectivity index is 3.04. The zero-order chi connectivity index (χ0) is 7.56. The summed E-state index contributed by atoms with van der Waals surface area (Å²) in [5, 5.41) is 0.0113. The van der Waals surface area contributed by atoms with E-state index in [9.17, 15) is 4.39 Å². The first kappa shape index (κ1) is 7.51. The van der Waals surface area contributed by atoms with Gasteiger partial charge in [-0.25, -0.2) is 4.39 Å². The highest BCUT2D eigenvalue weighted by Crippen LogP contribution is 2.13. The van der Waals surface area contributed by atoms with Crippen LogP contribution in [-0.4, -0.2) is 0 Å². The summed E-state index contributed by atoms with van der Waals surface area (Å²) in [6.07, 6.45) is 0. The van der Waals surface area contributed by atoms with Crippen molar-refractivity contribution in [3.05, 3.63) is 34.6 Å². The molecule has 3 heteroatoms. The normalized spacial score (nSPS) is 9.90. The van der Waals surface area contributed by atoms with Crippen molar-refractivity contribution in [2.75, 3.05) is 0 Å². The zero-order valence-electron chi connectivity index (χ0n) is 5.20. The van der Waals surface area contributed by atoms with Crippen LogP contribution >= 0.6 is 11.6 Å². The molecule has 0 fully saturated rings. The van der Waals surface area contributed by atoms with Crippen molar-refractivity contribution < 1.29 is 4.39 Å². The Morgan fingerprint density at radius 1 is 1.70 bits per heavy atom. The van der Waals surface area contributed by atoms with Gasteiger partial charge in [-0.15, -0.1) is 0 Å². The smallest absolute Gasteiger partial charge is 0.142 e. The van der Waals surface area contributed by atoms with E-state index >= 15 is 0 Å². The van der Waals surface area contributed by atoms with Crippen LogP contribution in [-0.2, 0) is 6.54 Å². The van der Waals surface area contributed by atoms with Crippen LogP contribution in [0.4, 0.5) is 4.39 Å². The van der Waals surface area contributed by atoms with Crippen molar-refractivity contribution in [3.8, 4) is 0 Å². The molecule has 53 valence electrons. The van der Waals surface area contributed by atoms with E-state index in [2.05, 4.69) is 6.07 Å². The molecule has 0 atom stereocenters. The molecule has 1 rings (SSSR count). The van der Waals surface area contributed by atoms with Gasteiger partial charge in [0.05, 0.1) is 5.02 Å². The molecule has 1 nitrogen and oxygen atoms in total. The van der Waals surface area contributed by atoms with Crippen molar-refractivity contribution in [2.45, 2.75) is 6.54 Å². The van der Waals surface area contributed by atoms with Crippen LogP contribution in [0.25, 0.3) is 0 Å². The molecule has 0 aliphatic rings. The monoisotopic (exact) mass is 158 g/mol. The maximum atomic E-state index is 12.5. The minimum absolute atomic E-state index is 0.0113. The summed E-state index contributed by atoms with van der Waals surface area (Å²) in [5.74, 6) is -0.468. The van der Waals surface area contributed by atoms with Gasteiger partial charge in [0.1, 0.15) is 5.82 Å². The Hall–Kier alpha value is -0.600. The molecule has 1 radical (unpaired) electrons. The molecule has 0 aliphatic heterocycles. The molecule has 0 aromatic heterocycles. The summed E-state index contributed by atoms with van der Waals surface area (Å²) in [6.45, 7) is 0.310. The molecule has 1 aromatic carbocycles. The fraction of sp³-hybridized carbons (Fsp3) is 0.143. The molecular formula is C7H6ClFN. The van der Waals surface area contributed by atoms with Gasteiger partial charge in [-0.1, -0.05) is 11.6 Å². The molecule has 0 unspecified atom stereocenters. The molecule has 0 saturated heterocycles. The van der Waals surface area contributed by atoms with Crippen LogP contribution in [0, 0.1) is 11.9 Å². The van der Waals surface area contributed by atoms with E-state index in [0.717, 1.165) is 0 Å². The van der Waals surface area contributed by atoms with Crippen LogP contribution in [0.1, 0.15) is 5.56 Å². The lowest BCUT2D eigenvalue weighted by molar-refractivity contribution is 0.625. The van der Waals surface area contributed by atoms with Crippen LogP contribution in [0.3, 0.4) is 0 Å². The van der Waals surface area contributed by atoms with Crippen LogP contribution < -0.4 is 5.73 Å². The van der Waals surface area contributed by atoms with Crippen molar-refractivity contribution in [1.29, 1.82) is 0 Å². The predicted octanol–water partition coefficient (Wildman–Crippen LogP) is 1.74. The van der Waals surface area contributed by atoms with Gasteiger partial charge in [0, 0.05) is 12.6 Å². The lowest BCUT2D eigenvalue weighted by Crippen LogP contribution is -1.96. The first-order chi connectivity index (χ1) is 4.74. The Morgan fingerprint density at radius 3 is 2.90 bits per heavy atom. The average Bonchev–Trinajstić information content (AvgIpc) is 1.95. The lowest BCUT2D eigenvalue weighted by Gasteiger charge is -1.96. The van der Waals surface area contributed by atoms with E-state index in [1.165, 1.54) is 6.07 Å². The van der Waals surface area contributed by atoms with Gasteiger partial charge in [-0.2, -0.15) is 0 Å². The van der Waals surface area contributed by atoms with Crippen molar-refractivity contribution in [2.24, 2.45) is 5.73 Å². The van der Waals surface area contributed by atoms with Crippen LogP contribution in [0.5, 0.6) is 0 Å². The largest absolute Gasteiger partial charge is 0.326 e. The summed E-state index contributed by atoms with van der Waals surface area (Å²) >= 11 is 5.37. The highest BCUT2D eigenvalue weighted by molar-refractivity contribution is 6.30. The summed E-state index contributed by atoms with van der Waals surface area (Å²) in [7, 11) is 0.